The number of rotatable bonds is 1. The average Bonchev–Trinajstić information content (AvgIpc) is 2.99. The zero-order valence-electron chi connectivity index (χ0n) is 14.1. The zero-order chi connectivity index (χ0) is 16.7. The molecule has 2 aromatic rings. The van der Waals surface area contributed by atoms with E-state index in [2.05, 4.69) is 39.6 Å². The van der Waals surface area contributed by atoms with Gasteiger partial charge in [0.1, 0.15) is 5.76 Å². The predicted octanol–water partition coefficient (Wildman–Crippen LogP) is 2.96. The van der Waals surface area contributed by atoms with E-state index in [9.17, 15) is 4.79 Å². The van der Waals surface area contributed by atoms with Crippen LogP contribution in [0.1, 0.15) is 23.3 Å². The Kier molecular flexibility index (Phi) is 3.67. The van der Waals surface area contributed by atoms with Crippen molar-refractivity contribution < 1.29 is 9.32 Å². The molecule has 0 radical (unpaired) electrons. The van der Waals surface area contributed by atoms with Gasteiger partial charge in [-0.15, -0.1) is 0 Å². The predicted molar refractivity (Wildman–Crippen MR) is 92.5 cm³/mol. The number of amides is 2. The Morgan fingerprint density at radius 2 is 2.12 bits per heavy atom. The fourth-order valence-electron chi connectivity index (χ4n) is 3.67. The maximum absolute atomic E-state index is 12.7. The summed E-state index contributed by atoms with van der Waals surface area (Å²) in [5, 5.41) is 6.82. The summed E-state index contributed by atoms with van der Waals surface area (Å²) < 4.78 is 5.13. The fourth-order valence-corrected chi connectivity index (χ4v) is 3.67. The average molecular weight is 326 g/mol. The van der Waals surface area contributed by atoms with Crippen molar-refractivity contribution >= 4 is 17.5 Å². The van der Waals surface area contributed by atoms with Crippen molar-refractivity contribution in [2.24, 2.45) is 0 Å². The first kappa shape index (κ1) is 15.1. The second-order valence-electron chi connectivity index (χ2n) is 6.62. The lowest BCUT2D eigenvalue weighted by Gasteiger charge is -2.27. The highest BCUT2D eigenvalue weighted by atomic mass is 16.5. The third-order valence-electron chi connectivity index (χ3n) is 5.13. The first-order chi connectivity index (χ1) is 11.6. The Bertz CT molecular complexity index is 770. The van der Waals surface area contributed by atoms with Gasteiger partial charge in [0, 0.05) is 30.9 Å². The molecule has 1 fully saturated rings. The van der Waals surface area contributed by atoms with Crippen LogP contribution in [0.3, 0.4) is 0 Å². The van der Waals surface area contributed by atoms with E-state index in [4.69, 9.17) is 4.52 Å². The van der Waals surface area contributed by atoms with Crippen molar-refractivity contribution in [3.8, 4) is 0 Å². The standard InChI is InChI=1S/C18H22N4O2/c1-12-13(2)24-20-17(12)19-18(23)21-8-5-9-22-15(11-21)10-14-6-3-4-7-16(14)22/h3-4,6-7,15H,5,8-11H2,1-2H3,(H,19,20,23)/t15-/m0/s1. The highest BCUT2D eigenvalue weighted by Crippen LogP contribution is 2.33. The summed E-state index contributed by atoms with van der Waals surface area (Å²) in [6.45, 7) is 6.23. The Labute approximate surface area is 141 Å². The maximum Gasteiger partial charge on any atom is 0.323 e. The lowest BCUT2D eigenvalue weighted by atomic mass is 10.1. The maximum atomic E-state index is 12.7. The van der Waals surface area contributed by atoms with Gasteiger partial charge in [-0.05, 0) is 38.3 Å². The van der Waals surface area contributed by atoms with Crippen molar-refractivity contribution in [2.75, 3.05) is 29.9 Å². The number of nitrogens with one attached hydrogen (secondary N) is 1. The van der Waals surface area contributed by atoms with Crippen molar-refractivity contribution in [2.45, 2.75) is 32.7 Å². The smallest absolute Gasteiger partial charge is 0.323 e. The van der Waals surface area contributed by atoms with E-state index in [0.29, 0.717) is 11.9 Å². The molecule has 6 nitrogen and oxygen atoms in total. The number of para-hydroxylation sites is 1. The first-order valence-corrected chi connectivity index (χ1v) is 8.47. The van der Waals surface area contributed by atoms with Gasteiger partial charge in [0.15, 0.2) is 5.82 Å². The Morgan fingerprint density at radius 1 is 1.29 bits per heavy atom. The number of benzene rings is 1. The number of aromatic nitrogens is 1. The first-order valence-electron chi connectivity index (χ1n) is 8.47. The molecular weight excluding hydrogens is 304 g/mol. The summed E-state index contributed by atoms with van der Waals surface area (Å²) in [7, 11) is 0. The minimum atomic E-state index is -0.0933. The van der Waals surface area contributed by atoms with Gasteiger partial charge in [-0.2, -0.15) is 0 Å². The minimum Gasteiger partial charge on any atom is -0.366 e. The van der Waals surface area contributed by atoms with Gasteiger partial charge < -0.3 is 14.3 Å². The van der Waals surface area contributed by atoms with Crippen LogP contribution in [0, 0.1) is 13.8 Å². The molecule has 1 aromatic carbocycles. The van der Waals surface area contributed by atoms with Crippen LogP contribution in [-0.4, -0.2) is 41.8 Å². The molecule has 1 saturated heterocycles. The van der Waals surface area contributed by atoms with E-state index in [0.717, 1.165) is 43.8 Å². The van der Waals surface area contributed by atoms with E-state index in [1.165, 1.54) is 11.3 Å². The molecule has 0 aliphatic carbocycles. The highest BCUT2D eigenvalue weighted by molar-refractivity contribution is 5.89. The summed E-state index contributed by atoms with van der Waals surface area (Å²) >= 11 is 0. The number of hydrogen-bond acceptors (Lipinski definition) is 4. The Balaban J connectivity index is 1.48. The molecule has 2 aliphatic rings. The quantitative estimate of drug-likeness (QED) is 0.875. The number of carbonyl (C=O) groups excluding carboxylic acids is 1. The molecule has 3 heterocycles. The van der Waals surface area contributed by atoms with Crippen molar-refractivity contribution in [1.29, 1.82) is 0 Å². The number of aryl methyl sites for hydroxylation is 1. The van der Waals surface area contributed by atoms with E-state index in [-0.39, 0.29) is 6.03 Å². The third kappa shape index (κ3) is 2.52. The van der Waals surface area contributed by atoms with Crippen LogP contribution in [0.5, 0.6) is 0 Å². The normalized spacial score (nSPS) is 19.7. The second-order valence-corrected chi connectivity index (χ2v) is 6.62. The van der Waals surface area contributed by atoms with Crippen molar-refractivity contribution in [1.82, 2.24) is 10.1 Å². The zero-order valence-corrected chi connectivity index (χ0v) is 14.1. The molecule has 4 rings (SSSR count). The summed E-state index contributed by atoms with van der Waals surface area (Å²) in [5.41, 5.74) is 3.59. The molecule has 6 heteroatoms. The number of hydrogen-bond donors (Lipinski definition) is 1. The lowest BCUT2D eigenvalue weighted by molar-refractivity contribution is 0.211. The summed E-state index contributed by atoms with van der Waals surface area (Å²) in [6, 6.07) is 8.82. The van der Waals surface area contributed by atoms with Crippen LogP contribution in [0.4, 0.5) is 16.3 Å². The van der Waals surface area contributed by atoms with Gasteiger partial charge in [0.2, 0.25) is 0 Å². The van der Waals surface area contributed by atoms with E-state index >= 15 is 0 Å². The van der Waals surface area contributed by atoms with Crippen LogP contribution in [0.2, 0.25) is 0 Å². The van der Waals surface area contributed by atoms with Crippen LogP contribution < -0.4 is 10.2 Å². The van der Waals surface area contributed by atoms with Gasteiger partial charge in [-0.3, -0.25) is 5.32 Å². The van der Waals surface area contributed by atoms with Crippen molar-refractivity contribution in [3.63, 3.8) is 0 Å². The van der Waals surface area contributed by atoms with Crippen LogP contribution in [0.15, 0.2) is 28.8 Å². The molecule has 24 heavy (non-hydrogen) atoms. The second kappa shape index (κ2) is 5.85. The number of anilines is 2. The van der Waals surface area contributed by atoms with Gasteiger partial charge in [-0.1, -0.05) is 23.4 Å². The van der Waals surface area contributed by atoms with Gasteiger partial charge in [0.25, 0.3) is 0 Å². The lowest BCUT2D eigenvalue weighted by Crippen LogP contribution is -2.43. The van der Waals surface area contributed by atoms with Crippen LogP contribution in [-0.2, 0) is 6.42 Å². The number of carbonyl (C=O) groups is 1. The Hall–Kier alpha value is -2.50. The molecule has 1 atom stereocenters. The SMILES string of the molecule is Cc1onc(NC(=O)N2CCCN3c4ccccc4C[C@H]3C2)c1C. The summed E-state index contributed by atoms with van der Waals surface area (Å²) in [4.78, 5) is 17.0. The van der Waals surface area contributed by atoms with Gasteiger partial charge in [-0.25, -0.2) is 4.79 Å². The molecule has 1 N–H and O–H groups in total. The van der Waals surface area contributed by atoms with E-state index in [1.54, 1.807) is 0 Å². The fraction of sp³-hybridized carbons (Fsp3) is 0.444. The molecular formula is C18H22N4O2. The summed E-state index contributed by atoms with van der Waals surface area (Å²) in [6.07, 6.45) is 1.97. The molecule has 0 unspecified atom stereocenters. The Morgan fingerprint density at radius 3 is 2.92 bits per heavy atom. The highest BCUT2D eigenvalue weighted by Gasteiger charge is 2.33. The topological polar surface area (TPSA) is 61.6 Å². The molecule has 0 spiro atoms. The number of nitrogens with zero attached hydrogens (tertiary/aromatic N) is 3. The molecule has 126 valence electrons. The molecule has 2 amide bonds. The molecule has 1 aromatic heterocycles. The minimum absolute atomic E-state index is 0.0933. The molecule has 0 bridgehead atoms. The monoisotopic (exact) mass is 326 g/mol. The third-order valence-corrected chi connectivity index (χ3v) is 5.13. The van der Waals surface area contributed by atoms with Crippen LogP contribution in [0.25, 0.3) is 0 Å². The van der Waals surface area contributed by atoms with Gasteiger partial charge in [0.05, 0.1) is 6.04 Å². The van der Waals surface area contributed by atoms with E-state index < -0.39 is 0 Å². The largest absolute Gasteiger partial charge is 0.366 e. The number of fused-ring (bicyclic) bond motifs is 3. The van der Waals surface area contributed by atoms with Crippen LogP contribution >= 0.6 is 0 Å². The summed E-state index contributed by atoms with van der Waals surface area (Å²) in [5.74, 6) is 1.26. The van der Waals surface area contributed by atoms with Crippen molar-refractivity contribution in [3.05, 3.63) is 41.2 Å². The molecule has 0 saturated carbocycles. The number of urea groups is 1. The molecule has 2 aliphatic heterocycles. The van der Waals surface area contributed by atoms with E-state index in [1.807, 2.05) is 18.7 Å². The van der Waals surface area contributed by atoms with Gasteiger partial charge >= 0.3 is 6.03 Å².